The van der Waals surface area contributed by atoms with Gasteiger partial charge >= 0.3 is 0 Å². The lowest BCUT2D eigenvalue weighted by atomic mass is 10.1. The molecule has 1 atom stereocenters. The van der Waals surface area contributed by atoms with E-state index in [9.17, 15) is 20.0 Å². The molecule has 0 saturated heterocycles. The Hall–Kier alpha value is -2.74. The molecule has 2 rings (SSSR count). The second-order valence-corrected chi connectivity index (χ2v) is 6.26. The Kier molecular flexibility index (Phi) is 6.24. The van der Waals surface area contributed by atoms with Crippen LogP contribution in [0.15, 0.2) is 47.4 Å². The molecule has 0 spiro atoms. The summed E-state index contributed by atoms with van der Waals surface area (Å²) in [4.78, 5) is 22.3. The van der Waals surface area contributed by atoms with Crippen LogP contribution in [0.4, 0.5) is 0 Å². The number of carboxylic acids is 1. The summed E-state index contributed by atoms with van der Waals surface area (Å²) < 4.78 is 10.4. The zero-order valence-corrected chi connectivity index (χ0v) is 14.4. The summed E-state index contributed by atoms with van der Waals surface area (Å²) in [5, 5.41) is 21.7. The number of carbonyl (C=O) groups excluding carboxylic acids is 1. The number of hydrogen-bond donors (Lipinski definition) is 0. The van der Waals surface area contributed by atoms with Crippen LogP contribution in [0.3, 0.4) is 0 Å². The quantitative estimate of drug-likeness (QED) is 0.403. The Bertz CT molecular complexity index is 779. The Morgan fingerprint density at radius 2 is 1.84 bits per heavy atom. The smallest absolute Gasteiger partial charge is 0.220 e. The molecule has 2 aromatic rings. The number of hydrogen-bond acceptors (Lipinski definition) is 7. The molecular weight excluding hydrogens is 346 g/mol. The summed E-state index contributed by atoms with van der Waals surface area (Å²) in [7, 11) is 2.97. The van der Waals surface area contributed by atoms with Gasteiger partial charge in [-0.15, -0.1) is 11.8 Å². The van der Waals surface area contributed by atoms with Gasteiger partial charge < -0.3 is 19.4 Å². The van der Waals surface area contributed by atoms with Crippen molar-refractivity contribution in [2.75, 3.05) is 20.8 Å². The van der Waals surface area contributed by atoms with E-state index in [4.69, 9.17) is 9.47 Å². The maximum atomic E-state index is 11.3. The van der Waals surface area contributed by atoms with Crippen molar-refractivity contribution in [3.8, 4) is 11.5 Å². The molecule has 25 heavy (non-hydrogen) atoms. The number of nitrogens with zero attached hydrogens (tertiary/aromatic N) is 1. The Morgan fingerprint density at radius 3 is 2.44 bits per heavy atom. The highest BCUT2D eigenvalue weighted by Crippen LogP contribution is 2.40. The Labute approximate surface area is 148 Å². The van der Waals surface area contributed by atoms with Crippen molar-refractivity contribution in [1.29, 1.82) is 0 Å². The van der Waals surface area contributed by atoms with Gasteiger partial charge in [0.1, 0.15) is 0 Å². The van der Waals surface area contributed by atoms with E-state index in [0.29, 0.717) is 22.0 Å². The first-order valence-corrected chi connectivity index (χ1v) is 8.15. The van der Waals surface area contributed by atoms with Crippen LogP contribution in [0.5, 0.6) is 11.5 Å². The minimum atomic E-state index is -1.32. The molecule has 0 aliphatic heterocycles. The lowest BCUT2D eigenvalue weighted by Crippen LogP contribution is -2.23. The summed E-state index contributed by atoms with van der Waals surface area (Å²) in [6.45, 7) is -0.373. The third-order valence-corrected chi connectivity index (χ3v) is 4.79. The standard InChI is InChI=1S/C17H17NO6S/c1-23-13-8-7-11(9-14(13)24-2)16(10-18(21)22)25-15-6-4-3-5-12(15)17(19)20/h3-9,16H,10H2,1-2H3,(H,19,20)/p-1/t16-/m0/s1. The van der Waals surface area contributed by atoms with E-state index in [1.807, 2.05) is 0 Å². The molecule has 0 radical (unpaired) electrons. The number of thioether (sulfide) groups is 1. The molecule has 0 aliphatic carbocycles. The lowest BCUT2D eigenvalue weighted by Gasteiger charge is -2.17. The molecule has 0 N–H and O–H groups in total. The fourth-order valence-corrected chi connectivity index (χ4v) is 3.51. The number of nitro groups is 1. The number of ether oxygens (including phenoxy) is 2. The molecule has 0 amide bonds. The Morgan fingerprint density at radius 1 is 1.16 bits per heavy atom. The van der Waals surface area contributed by atoms with Gasteiger partial charge in [0.2, 0.25) is 6.54 Å². The van der Waals surface area contributed by atoms with E-state index >= 15 is 0 Å². The second kappa shape index (κ2) is 8.39. The molecule has 132 valence electrons. The van der Waals surface area contributed by atoms with Crippen molar-refractivity contribution < 1.29 is 24.3 Å². The van der Waals surface area contributed by atoms with Crippen LogP contribution in [0.1, 0.15) is 21.2 Å². The fourth-order valence-electron chi connectivity index (χ4n) is 2.29. The average molecular weight is 362 g/mol. The van der Waals surface area contributed by atoms with E-state index < -0.39 is 16.1 Å². The highest BCUT2D eigenvalue weighted by atomic mass is 32.2. The maximum absolute atomic E-state index is 11.3. The minimum Gasteiger partial charge on any atom is -0.545 e. The summed E-state index contributed by atoms with van der Waals surface area (Å²) in [5.41, 5.74) is 0.633. The van der Waals surface area contributed by atoms with Gasteiger partial charge in [0.25, 0.3) is 0 Å². The van der Waals surface area contributed by atoms with Gasteiger partial charge in [-0.3, -0.25) is 10.1 Å². The molecule has 0 heterocycles. The van der Waals surface area contributed by atoms with Gasteiger partial charge in [-0.05, 0) is 23.8 Å². The van der Waals surface area contributed by atoms with Gasteiger partial charge in [0.15, 0.2) is 11.5 Å². The molecule has 8 heteroatoms. The van der Waals surface area contributed by atoms with Crippen molar-refractivity contribution in [2.24, 2.45) is 0 Å². The van der Waals surface area contributed by atoms with E-state index in [2.05, 4.69) is 0 Å². The van der Waals surface area contributed by atoms with Crippen LogP contribution in [0, 0.1) is 10.1 Å². The highest BCUT2D eigenvalue weighted by molar-refractivity contribution is 7.99. The zero-order chi connectivity index (χ0) is 18.4. The summed E-state index contributed by atoms with van der Waals surface area (Å²) >= 11 is 1.10. The van der Waals surface area contributed by atoms with Crippen molar-refractivity contribution in [1.82, 2.24) is 0 Å². The molecule has 0 unspecified atom stereocenters. The first-order chi connectivity index (χ1) is 12.0. The van der Waals surface area contributed by atoms with E-state index in [1.54, 1.807) is 36.4 Å². The molecule has 0 bridgehead atoms. The third-order valence-electron chi connectivity index (χ3n) is 3.47. The molecule has 0 aromatic heterocycles. The van der Waals surface area contributed by atoms with Gasteiger partial charge in [-0.2, -0.15) is 0 Å². The van der Waals surface area contributed by atoms with Gasteiger partial charge in [0.05, 0.1) is 25.4 Å². The van der Waals surface area contributed by atoms with Crippen molar-refractivity contribution >= 4 is 17.7 Å². The predicted octanol–water partition coefficient (Wildman–Crippen LogP) is 2.18. The normalized spacial score (nSPS) is 11.6. The summed E-state index contributed by atoms with van der Waals surface area (Å²) in [6.07, 6.45) is 0. The fraction of sp³-hybridized carbons (Fsp3) is 0.235. The van der Waals surface area contributed by atoms with Gasteiger partial charge in [0, 0.05) is 15.4 Å². The Balaban J connectivity index is 2.41. The molecular formula is C17H16NO6S-. The maximum Gasteiger partial charge on any atom is 0.220 e. The predicted molar refractivity (Wildman–Crippen MR) is 90.8 cm³/mol. The SMILES string of the molecule is COc1ccc([C@H](C[N+](=O)[O-])Sc2ccccc2C(=O)[O-])cc1OC. The zero-order valence-electron chi connectivity index (χ0n) is 13.6. The number of carboxylic acid groups (broad SMARTS) is 1. The van der Waals surface area contributed by atoms with Crippen LogP contribution < -0.4 is 14.6 Å². The van der Waals surface area contributed by atoms with E-state index in [0.717, 1.165) is 11.8 Å². The van der Waals surface area contributed by atoms with Crippen LogP contribution in [-0.4, -0.2) is 31.7 Å². The molecule has 7 nitrogen and oxygen atoms in total. The van der Waals surface area contributed by atoms with Gasteiger partial charge in [-0.1, -0.05) is 24.3 Å². The molecule has 0 saturated carbocycles. The van der Waals surface area contributed by atoms with Crippen LogP contribution in [0.25, 0.3) is 0 Å². The second-order valence-electron chi connectivity index (χ2n) is 5.02. The number of benzene rings is 2. The number of methoxy groups -OCH3 is 2. The number of rotatable bonds is 8. The number of aromatic carboxylic acids is 1. The summed E-state index contributed by atoms with van der Waals surface area (Å²) in [6, 6.07) is 11.3. The number of carbonyl (C=O) groups is 1. The van der Waals surface area contributed by atoms with Crippen LogP contribution >= 0.6 is 11.8 Å². The van der Waals surface area contributed by atoms with Crippen molar-refractivity contribution in [3.63, 3.8) is 0 Å². The summed E-state index contributed by atoms with van der Waals surface area (Å²) in [5.74, 6) is -0.372. The minimum absolute atomic E-state index is 0.00123. The monoisotopic (exact) mass is 362 g/mol. The van der Waals surface area contributed by atoms with Crippen LogP contribution in [-0.2, 0) is 0 Å². The third kappa shape index (κ3) is 4.63. The van der Waals surface area contributed by atoms with Crippen LogP contribution in [0.2, 0.25) is 0 Å². The van der Waals surface area contributed by atoms with Crippen molar-refractivity contribution in [2.45, 2.75) is 10.1 Å². The van der Waals surface area contributed by atoms with Crippen molar-refractivity contribution in [3.05, 3.63) is 63.7 Å². The first kappa shape index (κ1) is 18.6. The molecule has 0 aliphatic rings. The average Bonchev–Trinajstić information content (AvgIpc) is 2.60. The lowest BCUT2D eigenvalue weighted by molar-refractivity contribution is -0.479. The largest absolute Gasteiger partial charge is 0.545 e. The highest BCUT2D eigenvalue weighted by Gasteiger charge is 2.22. The molecule has 0 fully saturated rings. The molecule has 2 aromatic carbocycles. The van der Waals surface area contributed by atoms with Gasteiger partial charge in [-0.25, -0.2) is 0 Å². The van der Waals surface area contributed by atoms with E-state index in [-0.39, 0.29) is 12.1 Å². The van der Waals surface area contributed by atoms with E-state index in [1.165, 1.54) is 20.3 Å². The topological polar surface area (TPSA) is 102 Å². The first-order valence-electron chi connectivity index (χ1n) is 7.27.